The summed E-state index contributed by atoms with van der Waals surface area (Å²) in [6.45, 7) is 9.96. The minimum Gasteiger partial charge on any atom is -0.467 e. The number of nitrogens with zero attached hydrogens (tertiary/aromatic N) is 4. The summed E-state index contributed by atoms with van der Waals surface area (Å²) in [6.07, 6.45) is 3.17. The summed E-state index contributed by atoms with van der Waals surface area (Å²) >= 11 is 5.95. The first-order chi connectivity index (χ1) is 17.3. The zero-order valence-corrected chi connectivity index (χ0v) is 23.4. The van der Waals surface area contributed by atoms with Crippen LogP contribution in [0.1, 0.15) is 60.3 Å². The van der Waals surface area contributed by atoms with Gasteiger partial charge in [-0.15, -0.1) is 10.2 Å². The molecular weight excluding hydrogens is 499 g/mol. The number of methoxy groups -OCH3 is 1. The number of benzene rings is 1. The SMILES string of the molecule is COCOc1cc(Cl)c(F)cc1-c1ccc(N(C)[C@H]2C[C@]3(C)CC[C@](C)(C2)N3C(=O)OC(C)(C)C)nn1. The fourth-order valence-electron chi connectivity index (χ4n) is 5.72. The first-order valence-corrected chi connectivity index (χ1v) is 12.9. The largest absolute Gasteiger partial charge is 0.467 e. The third-order valence-corrected chi connectivity index (χ3v) is 7.69. The van der Waals surface area contributed by atoms with Gasteiger partial charge in [-0.1, -0.05) is 11.6 Å². The highest BCUT2D eigenvalue weighted by atomic mass is 35.5. The van der Waals surface area contributed by atoms with Crippen LogP contribution in [0.2, 0.25) is 5.02 Å². The third kappa shape index (κ3) is 5.48. The minimum atomic E-state index is -0.571. The molecule has 0 N–H and O–H groups in total. The zero-order chi connectivity index (χ0) is 27.2. The lowest BCUT2D eigenvalue weighted by Gasteiger charge is -2.52. The average molecular weight is 535 g/mol. The number of aromatic nitrogens is 2. The molecule has 1 amide bonds. The van der Waals surface area contributed by atoms with E-state index >= 15 is 0 Å². The fraction of sp³-hybridized carbons (Fsp3) is 0.593. The molecular formula is C27H36ClFN4O4. The fourth-order valence-corrected chi connectivity index (χ4v) is 5.88. The molecule has 0 unspecified atom stereocenters. The highest BCUT2D eigenvalue weighted by molar-refractivity contribution is 6.31. The van der Waals surface area contributed by atoms with Gasteiger partial charge in [0, 0.05) is 42.9 Å². The monoisotopic (exact) mass is 534 g/mol. The average Bonchev–Trinajstić information content (AvgIpc) is 2.99. The summed E-state index contributed by atoms with van der Waals surface area (Å²) in [6, 6.07) is 6.50. The van der Waals surface area contributed by atoms with Gasteiger partial charge in [0.25, 0.3) is 0 Å². The molecule has 2 aromatic rings. The number of amides is 1. The second-order valence-electron chi connectivity index (χ2n) is 11.6. The van der Waals surface area contributed by atoms with Crippen molar-refractivity contribution in [2.75, 3.05) is 25.9 Å². The molecule has 8 nitrogen and oxygen atoms in total. The first-order valence-electron chi connectivity index (χ1n) is 12.5. The lowest BCUT2D eigenvalue weighted by molar-refractivity contribution is -0.0357. The Labute approximate surface area is 223 Å². The summed E-state index contributed by atoms with van der Waals surface area (Å²) in [7, 11) is 3.50. The predicted octanol–water partition coefficient (Wildman–Crippen LogP) is 6.07. The van der Waals surface area contributed by atoms with Gasteiger partial charge in [0.2, 0.25) is 0 Å². The Morgan fingerprint density at radius 2 is 1.84 bits per heavy atom. The van der Waals surface area contributed by atoms with Gasteiger partial charge in [0.05, 0.1) is 10.7 Å². The van der Waals surface area contributed by atoms with E-state index in [0.717, 1.165) is 25.7 Å². The quantitative estimate of drug-likeness (QED) is 0.416. The molecule has 4 rings (SSSR count). The number of anilines is 1. The van der Waals surface area contributed by atoms with Crippen molar-refractivity contribution in [3.05, 3.63) is 35.1 Å². The number of rotatable bonds is 6. The Kier molecular flexibility index (Phi) is 7.33. The van der Waals surface area contributed by atoms with Gasteiger partial charge in [-0.2, -0.15) is 0 Å². The van der Waals surface area contributed by atoms with Gasteiger partial charge in [-0.3, -0.25) is 4.90 Å². The van der Waals surface area contributed by atoms with Crippen LogP contribution < -0.4 is 9.64 Å². The summed E-state index contributed by atoms with van der Waals surface area (Å²) in [4.78, 5) is 17.3. The van der Waals surface area contributed by atoms with Crippen LogP contribution in [0.3, 0.4) is 0 Å². The molecule has 0 radical (unpaired) electrons. The van der Waals surface area contributed by atoms with Crippen molar-refractivity contribution in [2.45, 2.75) is 83.0 Å². The van der Waals surface area contributed by atoms with Gasteiger partial charge >= 0.3 is 6.09 Å². The van der Waals surface area contributed by atoms with Gasteiger partial charge in [0.1, 0.15) is 17.2 Å². The van der Waals surface area contributed by atoms with Crippen molar-refractivity contribution >= 4 is 23.5 Å². The van der Waals surface area contributed by atoms with Crippen molar-refractivity contribution in [2.24, 2.45) is 0 Å². The summed E-state index contributed by atoms with van der Waals surface area (Å²) in [5.74, 6) is 0.480. The van der Waals surface area contributed by atoms with Gasteiger partial charge in [-0.25, -0.2) is 9.18 Å². The molecule has 3 atom stereocenters. The number of carbonyl (C=O) groups excluding carboxylic acids is 1. The van der Waals surface area contributed by atoms with Gasteiger partial charge < -0.3 is 19.1 Å². The maximum absolute atomic E-state index is 14.2. The van der Waals surface area contributed by atoms with E-state index in [-0.39, 0.29) is 35.0 Å². The van der Waals surface area contributed by atoms with Crippen LogP contribution in [0.15, 0.2) is 24.3 Å². The topological polar surface area (TPSA) is 77.0 Å². The molecule has 2 bridgehead atoms. The van der Waals surface area contributed by atoms with Crippen molar-refractivity contribution in [1.82, 2.24) is 15.1 Å². The van der Waals surface area contributed by atoms with E-state index in [1.807, 2.05) is 38.8 Å². The molecule has 3 heterocycles. The number of piperidine rings is 1. The molecule has 0 aliphatic carbocycles. The van der Waals surface area contributed by atoms with E-state index in [1.165, 1.54) is 19.2 Å². The normalized spacial score (nSPS) is 25.2. The second kappa shape index (κ2) is 9.91. The number of hydrogen-bond donors (Lipinski definition) is 0. The van der Waals surface area contributed by atoms with Crippen LogP contribution in [0, 0.1) is 5.82 Å². The molecule has 10 heteroatoms. The first kappa shape index (κ1) is 27.4. The second-order valence-corrected chi connectivity index (χ2v) is 12.0. The Morgan fingerprint density at radius 1 is 1.19 bits per heavy atom. The van der Waals surface area contributed by atoms with Crippen LogP contribution in [0.5, 0.6) is 5.75 Å². The smallest absolute Gasteiger partial charge is 0.411 e. The van der Waals surface area contributed by atoms with Crippen LogP contribution in [0.4, 0.5) is 15.0 Å². The lowest BCUT2D eigenvalue weighted by atomic mass is 9.82. The third-order valence-electron chi connectivity index (χ3n) is 7.40. The van der Waals surface area contributed by atoms with Crippen LogP contribution in [-0.4, -0.2) is 64.9 Å². The summed E-state index contributed by atoms with van der Waals surface area (Å²) in [5.41, 5.74) is -0.274. The Morgan fingerprint density at radius 3 is 2.38 bits per heavy atom. The number of ether oxygens (including phenoxy) is 3. The molecule has 202 valence electrons. The maximum atomic E-state index is 14.2. The minimum absolute atomic E-state index is 0.0112. The molecule has 2 aliphatic rings. The predicted molar refractivity (Wildman–Crippen MR) is 140 cm³/mol. The Bertz CT molecular complexity index is 1140. The molecule has 2 fully saturated rings. The summed E-state index contributed by atoms with van der Waals surface area (Å²) in [5, 5.41) is 8.77. The molecule has 0 spiro atoms. The molecule has 0 saturated carbocycles. The molecule has 1 aromatic carbocycles. The van der Waals surface area contributed by atoms with Crippen LogP contribution in [-0.2, 0) is 9.47 Å². The number of halogens is 2. The van der Waals surface area contributed by atoms with E-state index in [0.29, 0.717) is 22.8 Å². The highest BCUT2D eigenvalue weighted by Crippen LogP contribution is 2.52. The molecule has 2 saturated heterocycles. The molecule has 1 aromatic heterocycles. The standard InChI is InChI=1S/C27H36ClFN4O4/c1-25(2,3)37-24(34)33-26(4)10-11-27(33,5)15-17(14-26)32(6)23-9-8-21(30-31-23)18-12-20(29)19(28)13-22(18)36-16-35-7/h8-9,12-13,17H,10-11,14-16H2,1-7H3/t17-,26-,27+. The van der Waals surface area contributed by atoms with Gasteiger partial charge in [-0.05, 0) is 78.5 Å². The maximum Gasteiger partial charge on any atom is 0.411 e. The number of fused-ring (bicyclic) bond motifs is 2. The van der Waals surface area contributed by atoms with Crippen LogP contribution in [0.25, 0.3) is 11.3 Å². The lowest BCUT2D eigenvalue weighted by Crippen LogP contribution is -2.63. The van der Waals surface area contributed by atoms with Crippen molar-refractivity contribution in [1.29, 1.82) is 0 Å². The molecule has 2 aliphatic heterocycles. The van der Waals surface area contributed by atoms with Crippen molar-refractivity contribution < 1.29 is 23.4 Å². The number of carbonyl (C=O) groups is 1. The van der Waals surface area contributed by atoms with Crippen molar-refractivity contribution in [3.8, 4) is 17.0 Å². The van der Waals surface area contributed by atoms with E-state index in [2.05, 4.69) is 28.9 Å². The van der Waals surface area contributed by atoms with Gasteiger partial charge in [0.15, 0.2) is 12.6 Å². The van der Waals surface area contributed by atoms with E-state index in [4.69, 9.17) is 25.8 Å². The Hall–Kier alpha value is -2.65. The van der Waals surface area contributed by atoms with Crippen LogP contribution >= 0.6 is 11.6 Å². The zero-order valence-electron chi connectivity index (χ0n) is 22.6. The highest BCUT2D eigenvalue weighted by Gasteiger charge is 2.59. The van der Waals surface area contributed by atoms with E-state index in [9.17, 15) is 9.18 Å². The number of hydrogen-bond acceptors (Lipinski definition) is 7. The Balaban J connectivity index is 1.55. The summed E-state index contributed by atoms with van der Waals surface area (Å²) < 4.78 is 30.6. The van der Waals surface area contributed by atoms with E-state index < -0.39 is 11.4 Å². The molecule has 37 heavy (non-hydrogen) atoms. The van der Waals surface area contributed by atoms with Crippen molar-refractivity contribution in [3.63, 3.8) is 0 Å². The van der Waals surface area contributed by atoms with E-state index in [1.54, 1.807) is 6.07 Å².